The smallest absolute Gasteiger partial charge is 0.259 e. The molecule has 33 heavy (non-hydrogen) atoms. The van der Waals surface area contributed by atoms with Crippen molar-refractivity contribution in [2.75, 3.05) is 31.8 Å². The summed E-state index contributed by atoms with van der Waals surface area (Å²) in [6.45, 7) is -0.0473. The van der Waals surface area contributed by atoms with Crippen molar-refractivity contribution in [3.8, 4) is 17.1 Å². The molecular weight excluding hydrogens is 416 g/mol. The third-order valence-corrected chi connectivity index (χ3v) is 5.06. The molecule has 0 bridgehead atoms. The molecule has 0 unspecified atom stereocenters. The van der Waals surface area contributed by atoms with Crippen LogP contribution in [0.25, 0.3) is 22.3 Å². The number of amides is 1. The zero-order valence-corrected chi connectivity index (χ0v) is 18.4. The molecular formula is C25H24N6O2. The first-order valence-corrected chi connectivity index (χ1v) is 10.3. The first kappa shape index (κ1) is 21.8. The number of nitrogens with one attached hydrogen (secondary N) is 2. The minimum Gasteiger partial charge on any atom is -0.484 e. The van der Waals surface area contributed by atoms with Crippen LogP contribution in [0, 0.1) is 5.41 Å². The Balaban J connectivity index is 1.71. The van der Waals surface area contributed by atoms with E-state index in [-0.39, 0.29) is 12.5 Å². The Morgan fingerprint density at radius 3 is 2.70 bits per heavy atom. The monoisotopic (exact) mass is 440 g/mol. The maximum Gasteiger partial charge on any atom is 0.259 e. The molecule has 1 heterocycles. The molecule has 8 heteroatoms. The Kier molecular flexibility index (Phi) is 6.17. The van der Waals surface area contributed by atoms with Gasteiger partial charge in [0.05, 0.1) is 5.52 Å². The predicted molar refractivity (Wildman–Crippen MR) is 131 cm³/mol. The maximum absolute atomic E-state index is 11.8. The molecule has 0 spiro atoms. The number of ether oxygens (including phenoxy) is 1. The first-order valence-electron chi connectivity index (χ1n) is 10.3. The van der Waals surface area contributed by atoms with Crippen LogP contribution in [0.1, 0.15) is 5.56 Å². The minimum absolute atomic E-state index is 0.0473. The van der Waals surface area contributed by atoms with Crippen LogP contribution in [0.5, 0.6) is 5.75 Å². The van der Waals surface area contributed by atoms with Crippen LogP contribution >= 0.6 is 0 Å². The van der Waals surface area contributed by atoms with E-state index in [0.717, 1.165) is 22.2 Å². The maximum atomic E-state index is 11.8. The molecule has 3 aromatic carbocycles. The second-order valence-corrected chi connectivity index (χ2v) is 7.63. The number of hydrogen-bond donors (Lipinski definition) is 3. The molecule has 0 atom stereocenters. The SMILES string of the molecule is CN(C)C(=O)COc1cccc(-c2nc(Nc3ccc(N)c(C=N)c3)c3ccccc3n2)c1. The van der Waals surface area contributed by atoms with E-state index in [1.165, 1.54) is 11.1 Å². The van der Waals surface area contributed by atoms with Crippen LogP contribution in [0.2, 0.25) is 0 Å². The van der Waals surface area contributed by atoms with Gasteiger partial charge in [-0.1, -0.05) is 24.3 Å². The number of fused-ring (bicyclic) bond motifs is 1. The largest absolute Gasteiger partial charge is 0.484 e. The number of nitrogens with zero attached hydrogens (tertiary/aromatic N) is 3. The van der Waals surface area contributed by atoms with E-state index in [4.69, 9.17) is 25.8 Å². The number of nitrogens with two attached hydrogens (primary N) is 1. The van der Waals surface area contributed by atoms with E-state index in [9.17, 15) is 4.79 Å². The van der Waals surface area contributed by atoms with Crippen LogP contribution in [0.4, 0.5) is 17.2 Å². The van der Waals surface area contributed by atoms with Gasteiger partial charge in [-0.3, -0.25) is 4.79 Å². The minimum atomic E-state index is -0.123. The van der Waals surface area contributed by atoms with Gasteiger partial charge in [-0.2, -0.15) is 0 Å². The lowest BCUT2D eigenvalue weighted by molar-refractivity contribution is -0.130. The fraction of sp³-hybridized carbons (Fsp3) is 0.120. The van der Waals surface area contributed by atoms with Gasteiger partial charge < -0.3 is 26.1 Å². The second-order valence-electron chi connectivity index (χ2n) is 7.63. The van der Waals surface area contributed by atoms with E-state index in [1.807, 2.05) is 48.5 Å². The highest BCUT2D eigenvalue weighted by atomic mass is 16.5. The lowest BCUT2D eigenvalue weighted by Crippen LogP contribution is -2.27. The summed E-state index contributed by atoms with van der Waals surface area (Å²) >= 11 is 0. The summed E-state index contributed by atoms with van der Waals surface area (Å²) in [5, 5.41) is 11.7. The second kappa shape index (κ2) is 9.35. The lowest BCUT2D eigenvalue weighted by Gasteiger charge is -2.13. The Morgan fingerprint density at radius 1 is 1.09 bits per heavy atom. The van der Waals surface area contributed by atoms with Crippen LogP contribution in [-0.2, 0) is 4.79 Å². The number of likely N-dealkylation sites (N-methyl/N-ethyl adjacent to an activating group) is 1. The molecule has 166 valence electrons. The van der Waals surface area contributed by atoms with Gasteiger partial charge in [0.2, 0.25) is 0 Å². The highest BCUT2D eigenvalue weighted by molar-refractivity contribution is 5.93. The van der Waals surface area contributed by atoms with Gasteiger partial charge in [0.1, 0.15) is 11.6 Å². The molecule has 1 amide bonds. The molecule has 0 fully saturated rings. The molecule has 4 rings (SSSR count). The highest BCUT2D eigenvalue weighted by Crippen LogP contribution is 2.29. The van der Waals surface area contributed by atoms with Crippen LogP contribution < -0.4 is 15.8 Å². The van der Waals surface area contributed by atoms with Crippen LogP contribution in [-0.4, -0.2) is 47.7 Å². The average Bonchev–Trinajstić information content (AvgIpc) is 2.83. The molecule has 1 aromatic heterocycles. The van der Waals surface area contributed by atoms with Gasteiger partial charge in [-0.05, 0) is 42.5 Å². The quantitative estimate of drug-likeness (QED) is 0.294. The van der Waals surface area contributed by atoms with Crippen molar-refractivity contribution in [3.63, 3.8) is 0 Å². The summed E-state index contributed by atoms with van der Waals surface area (Å²) in [7, 11) is 3.37. The first-order chi connectivity index (χ1) is 15.9. The third-order valence-electron chi connectivity index (χ3n) is 5.06. The van der Waals surface area contributed by atoms with E-state index in [0.29, 0.717) is 28.6 Å². The van der Waals surface area contributed by atoms with E-state index >= 15 is 0 Å². The predicted octanol–water partition coefficient (Wildman–Crippen LogP) is 4.09. The van der Waals surface area contributed by atoms with Crippen molar-refractivity contribution in [1.82, 2.24) is 14.9 Å². The van der Waals surface area contributed by atoms with Gasteiger partial charge in [0.25, 0.3) is 5.91 Å². The number of benzene rings is 3. The number of aromatic nitrogens is 2. The van der Waals surface area contributed by atoms with Gasteiger partial charge in [-0.15, -0.1) is 0 Å². The summed E-state index contributed by atoms with van der Waals surface area (Å²) < 4.78 is 5.65. The van der Waals surface area contributed by atoms with Crippen LogP contribution in [0.3, 0.4) is 0 Å². The fourth-order valence-electron chi connectivity index (χ4n) is 3.21. The standard InChI is InChI=1S/C25H24N6O2/c1-31(2)23(32)15-33-19-7-5-6-16(13-19)24-29-22-9-4-3-8-20(22)25(30-24)28-18-10-11-21(27)17(12-18)14-26/h3-14,26H,15,27H2,1-2H3,(H,28,29,30). The summed E-state index contributed by atoms with van der Waals surface area (Å²) in [6, 6.07) is 20.5. The molecule has 0 saturated carbocycles. The molecule has 4 aromatic rings. The van der Waals surface area contributed by atoms with E-state index in [1.54, 1.807) is 32.3 Å². The molecule has 0 aliphatic rings. The van der Waals surface area contributed by atoms with Crippen molar-refractivity contribution in [1.29, 1.82) is 5.41 Å². The molecule has 0 aliphatic heterocycles. The highest BCUT2D eigenvalue weighted by Gasteiger charge is 2.12. The molecule has 4 N–H and O–H groups in total. The van der Waals surface area contributed by atoms with Gasteiger partial charge in [0, 0.05) is 48.2 Å². The number of para-hydroxylation sites is 1. The van der Waals surface area contributed by atoms with E-state index in [2.05, 4.69) is 5.32 Å². The molecule has 0 aliphatic carbocycles. The van der Waals surface area contributed by atoms with Gasteiger partial charge >= 0.3 is 0 Å². The van der Waals surface area contributed by atoms with Crippen molar-refractivity contribution in [3.05, 3.63) is 72.3 Å². The average molecular weight is 441 g/mol. The van der Waals surface area contributed by atoms with Gasteiger partial charge in [-0.25, -0.2) is 9.97 Å². The Hall–Kier alpha value is -4.46. The van der Waals surface area contributed by atoms with Crippen molar-refractivity contribution in [2.24, 2.45) is 0 Å². The van der Waals surface area contributed by atoms with Gasteiger partial charge in [0.15, 0.2) is 12.4 Å². The van der Waals surface area contributed by atoms with Crippen molar-refractivity contribution in [2.45, 2.75) is 0 Å². The lowest BCUT2D eigenvalue weighted by atomic mass is 10.1. The number of hydrogen-bond acceptors (Lipinski definition) is 7. The Morgan fingerprint density at radius 2 is 1.91 bits per heavy atom. The molecule has 8 nitrogen and oxygen atoms in total. The third kappa shape index (κ3) is 4.90. The van der Waals surface area contributed by atoms with Crippen molar-refractivity contribution < 1.29 is 9.53 Å². The summed E-state index contributed by atoms with van der Waals surface area (Å²) in [6.07, 6.45) is 1.22. The number of carbonyl (C=O) groups excluding carboxylic acids is 1. The number of anilines is 3. The van der Waals surface area contributed by atoms with Crippen LogP contribution in [0.15, 0.2) is 66.7 Å². The summed E-state index contributed by atoms with van der Waals surface area (Å²) in [5.41, 5.74) is 9.37. The van der Waals surface area contributed by atoms with Crippen molar-refractivity contribution >= 4 is 40.2 Å². The van der Waals surface area contributed by atoms with E-state index < -0.39 is 0 Å². The summed E-state index contributed by atoms with van der Waals surface area (Å²) in [4.78, 5) is 22.8. The molecule has 0 radical (unpaired) electrons. The normalized spacial score (nSPS) is 10.6. The Labute approximate surface area is 191 Å². The topological polar surface area (TPSA) is 117 Å². The number of rotatable bonds is 7. The fourth-order valence-corrected chi connectivity index (χ4v) is 3.21. The Bertz CT molecular complexity index is 1340. The zero-order chi connectivity index (χ0) is 23.4. The zero-order valence-electron chi connectivity index (χ0n) is 18.4. The number of nitrogen functional groups attached to an aromatic ring is 1. The molecule has 0 saturated heterocycles. The summed E-state index contributed by atoms with van der Waals surface area (Å²) in [5.74, 6) is 1.58. The number of carbonyl (C=O) groups is 1.